The highest BCUT2D eigenvalue weighted by atomic mass is 16.6. The summed E-state index contributed by atoms with van der Waals surface area (Å²) in [6.07, 6.45) is 0. The first kappa shape index (κ1) is 9.07. The minimum Gasteiger partial charge on any atom is -0.492 e. The first-order valence-corrected chi connectivity index (χ1v) is 3.13. The number of amides is 1. The average molecular weight is 182 g/mol. The molecule has 68 valence electrons. The summed E-state index contributed by atoms with van der Waals surface area (Å²) in [5.41, 5.74) is -0.199. The number of carbonyl (C=O) groups is 1. The number of aromatic nitrogens is 2. The topological polar surface area (TPSA) is 111 Å². The van der Waals surface area contributed by atoms with Crippen LogP contribution in [0.25, 0.3) is 0 Å². The van der Waals surface area contributed by atoms with E-state index in [1.807, 2.05) is 0 Å². The monoisotopic (exact) mass is 182 g/mol. The number of hydrogen-bond acceptors (Lipinski definition) is 6. The van der Waals surface area contributed by atoms with Gasteiger partial charge in [0.2, 0.25) is 5.88 Å². The van der Waals surface area contributed by atoms with Crippen LogP contribution in [0.3, 0.4) is 0 Å². The summed E-state index contributed by atoms with van der Waals surface area (Å²) in [5, 5.41) is 15.4. The third kappa shape index (κ3) is 1.76. The zero-order valence-corrected chi connectivity index (χ0v) is 6.47. The first-order chi connectivity index (χ1) is 6.19. The van der Waals surface area contributed by atoms with Crippen molar-refractivity contribution in [1.82, 2.24) is 10.2 Å². The van der Waals surface area contributed by atoms with Crippen molar-refractivity contribution >= 4 is 12.6 Å². The van der Waals surface area contributed by atoms with Gasteiger partial charge in [0.1, 0.15) is 0 Å². The maximum atomic E-state index is 11.0. The van der Waals surface area contributed by atoms with Crippen LogP contribution in [0.15, 0.2) is 11.1 Å². The molecule has 3 N–H and O–H groups in total. The van der Waals surface area contributed by atoms with E-state index in [1.165, 1.54) is 0 Å². The summed E-state index contributed by atoms with van der Waals surface area (Å²) in [5.74, 6) is 3.58. The van der Waals surface area contributed by atoms with Gasteiger partial charge in [-0.05, 0) is 6.72 Å². The molecule has 1 amide bonds. The zero-order chi connectivity index (χ0) is 9.84. The van der Waals surface area contributed by atoms with Gasteiger partial charge in [-0.15, -0.1) is 10.2 Å². The molecule has 1 aromatic rings. The molecule has 0 radical (unpaired) electrons. The SMILES string of the molecule is C=NC(=O)c1nnc(O)cc1ON. The second-order valence-electron chi connectivity index (χ2n) is 2.00. The van der Waals surface area contributed by atoms with Crippen molar-refractivity contribution in [3.05, 3.63) is 11.8 Å². The van der Waals surface area contributed by atoms with Gasteiger partial charge < -0.3 is 9.94 Å². The van der Waals surface area contributed by atoms with Crippen LogP contribution < -0.4 is 10.7 Å². The molecule has 0 bridgehead atoms. The van der Waals surface area contributed by atoms with Crippen molar-refractivity contribution in [3.8, 4) is 11.6 Å². The highest BCUT2D eigenvalue weighted by molar-refractivity contribution is 5.97. The Balaban J connectivity index is 3.20. The van der Waals surface area contributed by atoms with Crippen LogP contribution in [0.2, 0.25) is 0 Å². The highest BCUT2D eigenvalue weighted by Crippen LogP contribution is 2.18. The van der Waals surface area contributed by atoms with E-state index >= 15 is 0 Å². The Kier molecular flexibility index (Phi) is 2.50. The van der Waals surface area contributed by atoms with E-state index in [0.717, 1.165) is 6.07 Å². The highest BCUT2D eigenvalue weighted by Gasteiger charge is 2.14. The third-order valence-electron chi connectivity index (χ3n) is 1.22. The molecule has 0 fully saturated rings. The molecule has 0 unspecified atom stereocenters. The average Bonchev–Trinajstić information content (AvgIpc) is 2.16. The fourth-order valence-electron chi connectivity index (χ4n) is 0.678. The molecule has 1 rings (SSSR count). The fourth-order valence-corrected chi connectivity index (χ4v) is 0.678. The molecule has 0 spiro atoms. The van der Waals surface area contributed by atoms with E-state index in [9.17, 15) is 4.79 Å². The minimum absolute atomic E-state index is 0.107. The Labute approximate surface area is 72.8 Å². The van der Waals surface area contributed by atoms with Crippen molar-refractivity contribution in [2.24, 2.45) is 10.9 Å². The molecule has 0 aliphatic carbocycles. The van der Waals surface area contributed by atoms with Gasteiger partial charge in [0.05, 0.1) is 0 Å². The van der Waals surface area contributed by atoms with E-state index in [2.05, 4.69) is 26.7 Å². The molecular formula is C6H6N4O3. The maximum absolute atomic E-state index is 11.0. The summed E-state index contributed by atoms with van der Waals surface area (Å²) < 4.78 is 0. The lowest BCUT2D eigenvalue weighted by molar-refractivity contribution is 0.0993. The van der Waals surface area contributed by atoms with E-state index < -0.39 is 11.8 Å². The third-order valence-corrected chi connectivity index (χ3v) is 1.22. The van der Waals surface area contributed by atoms with Gasteiger partial charge in [-0.25, -0.2) is 4.99 Å². The number of hydrogen-bond donors (Lipinski definition) is 2. The van der Waals surface area contributed by atoms with Gasteiger partial charge in [-0.1, -0.05) is 0 Å². The molecular weight excluding hydrogens is 176 g/mol. The zero-order valence-electron chi connectivity index (χ0n) is 6.47. The van der Waals surface area contributed by atoms with Crippen molar-refractivity contribution in [2.75, 3.05) is 0 Å². The normalized spacial score (nSPS) is 9.31. The van der Waals surface area contributed by atoms with Crippen LogP contribution in [-0.2, 0) is 0 Å². The summed E-state index contributed by atoms with van der Waals surface area (Å²) in [4.78, 5) is 18.3. The van der Waals surface area contributed by atoms with Crippen molar-refractivity contribution < 1.29 is 14.7 Å². The van der Waals surface area contributed by atoms with Gasteiger partial charge in [-0.2, -0.15) is 5.90 Å². The van der Waals surface area contributed by atoms with E-state index in [0.29, 0.717) is 0 Å². The van der Waals surface area contributed by atoms with Crippen molar-refractivity contribution in [3.63, 3.8) is 0 Å². The second-order valence-corrected chi connectivity index (χ2v) is 2.00. The predicted octanol–water partition coefficient (Wildman–Crippen LogP) is -0.725. The summed E-state index contributed by atoms with van der Waals surface area (Å²) in [6.45, 7) is 3.01. The molecule has 0 aliphatic rings. The maximum Gasteiger partial charge on any atom is 0.300 e. The lowest BCUT2D eigenvalue weighted by atomic mass is 10.3. The summed E-state index contributed by atoms with van der Waals surface area (Å²) in [6, 6.07) is 1.05. The van der Waals surface area contributed by atoms with E-state index in [4.69, 9.17) is 11.0 Å². The van der Waals surface area contributed by atoms with E-state index in [-0.39, 0.29) is 11.4 Å². The van der Waals surface area contributed by atoms with Gasteiger partial charge >= 0.3 is 5.91 Å². The number of rotatable bonds is 2. The molecule has 1 heterocycles. The van der Waals surface area contributed by atoms with Crippen LogP contribution in [0, 0.1) is 0 Å². The van der Waals surface area contributed by atoms with Crippen LogP contribution in [-0.4, -0.2) is 27.9 Å². The van der Waals surface area contributed by atoms with Gasteiger partial charge in [0.25, 0.3) is 0 Å². The summed E-state index contributed by atoms with van der Waals surface area (Å²) in [7, 11) is 0. The smallest absolute Gasteiger partial charge is 0.300 e. The molecule has 7 heteroatoms. The molecule has 0 aromatic carbocycles. The van der Waals surface area contributed by atoms with Gasteiger partial charge in [0, 0.05) is 6.07 Å². The molecule has 0 aliphatic heterocycles. The second kappa shape index (κ2) is 3.59. The molecule has 1 aromatic heterocycles. The van der Waals surface area contributed by atoms with Gasteiger partial charge in [0.15, 0.2) is 11.4 Å². The van der Waals surface area contributed by atoms with Crippen molar-refractivity contribution in [1.29, 1.82) is 0 Å². The Morgan fingerprint density at radius 3 is 2.92 bits per heavy atom. The number of aromatic hydroxyl groups is 1. The number of nitrogens with two attached hydrogens (primary N) is 1. The molecule has 0 saturated carbocycles. The van der Waals surface area contributed by atoms with Crippen LogP contribution >= 0.6 is 0 Å². The summed E-state index contributed by atoms with van der Waals surface area (Å²) >= 11 is 0. The first-order valence-electron chi connectivity index (χ1n) is 3.13. The minimum atomic E-state index is -0.729. The largest absolute Gasteiger partial charge is 0.492 e. The Morgan fingerprint density at radius 1 is 1.69 bits per heavy atom. The standard InChI is InChI=1S/C6H6N4O3/c1-8-6(12)5-3(13-7)2-4(11)9-10-5/h2H,1,7H2,(H,9,11). The Hall–Kier alpha value is -2.02. The lowest BCUT2D eigenvalue weighted by Gasteiger charge is -2.01. The quantitative estimate of drug-likeness (QED) is 0.461. The fraction of sp³-hybridized carbons (Fsp3) is 0. The van der Waals surface area contributed by atoms with Crippen LogP contribution in [0.5, 0.6) is 11.6 Å². The van der Waals surface area contributed by atoms with E-state index in [1.54, 1.807) is 0 Å². The lowest BCUT2D eigenvalue weighted by Crippen LogP contribution is -2.09. The van der Waals surface area contributed by atoms with Crippen LogP contribution in [0.1, 0.15) is 10.5 Å². The number of aliphatic imine (C=N–C) groups is 1. The number of carbonyl (C=O) groups excluding carboxylic acids is 1. The predicted molar refractivity (Wildman–Crippen MR) is 42.4 cm³/mol. The Bertz CT molecular complexity index is 352. The van der Waals surface area contributed by atoms with Gasteiger partial charge in [-0.3, -0.25) is 4.79 Å². The molecule has 0 saturated heterocycles. The molecule has 7 nitrogen and oxygen atoms in total. The number of nitrogens with zero attached hydrogens (tertiary/aromatic N) is 3. The molecule has 0 atom stereocenters. The Morgan fingerprint density at radius 2 is 2.38 bits per heavy atom. The van der Waals surface area contributed by atoms with Crippen molar-refractivity contribution in [2.45, 2.75) is 0 Å². The van der Waals surface area contributed by atoms with Crippen LogP contribution in [0.4, 0.5) is 0 Å². The molecule has 13 heavy (non-hydrogen) atoms.